The molecule has 2 heterocycles. The number of aromatic nitrogens is 2. The SMILES string of the molecule is NNC(Cc1cc(Cl)cc2c1OCC2)c1ncccn1. The zero-order chi connectivity index (χ0) is 13.9. The number of nitrogens with one attached hydrogen (secondary N) is 1. The van der Waals surface area contributed by atoms with Crippen LogP contribution in [0.1, 0.15) is 23.0 Å². The fourth-order valence-electron chi connectivity index (χ4n) is 2.43. The molecule has 2 aromatic rings. The molecule has 1 unspecified atom stereocenters. The van der Waals surface area contributed by atoms with Gasteiger partial charge in [0.25, 0.3) is 0 Å². The lowest BCUT2D eigenvalue weighted by Crippen LogP contribution is -2.31. The minimum atomic E-state index is -0.178. The molecule has 0 amide bonds. The van der Waals surface area contributed by atoms with E-state index in [2.05, 4.69) is 15.4 Å². The van der Waals surface area contributed by atoms with E-state index in [0.29, 0.717) is 23.9 Å². The van der Waals surface area contributed by atoms with E-state index >= 15 is 0 Å². The van der Waals surface area contributed by atoms with Crippen molar-refractivity contribution >= 4 is 11.6 Å². The van der Waals surface area contributed by atoms with Gasteiger partial charge in [-0.1, -0.05) is 11.6 Å². The molecule has 1 aliphatic heterocycles. The van der Waals surface area contributed by atoms with Gasteiger partial charge >= 0.3 is 0 Å². The number of nitrogens with two attached hydrogens (primary N) is 1. The van der Waals surface area contributed by atoms with E-state index in [4.69, 9.17) is 22.2 Å². The predicted octanol–water partition coefficient (Wildman–Crippen LogP) is 1.81. The second-order valence-corrected chi connectivity index (χ2v) is 5.12. The third-order valence-electron chi connectivity index (χ3n) is 3.35. The van der Waals surface area contributed by atoms with Gasteiger partial charge in [0.1, 0.15) is 11.6 Å². The molecule has 6 heteroatoms. The summed E-state index contributed by atoms with van der Waals surface area (Å²) in [5.41, 5.74) is 4.93. The predicted molar refractivity (Wildman–Crippen MR) is 76.5 cm³/mol. The zero-order valence-corrected chi connectivity index (χ0v) is 11.6. The summed E-state index contributed by atoms with van der Waals surface area (Å²) in [6.07, 6.45) is 4.92. The molecular weight excluding hydrogens is 276 g/mol. The standard InChI is InChI=1S/C14H15ClN4O/c15-11-6-9-2-5-20-13(9)10(7-11)8-12(19-16)14-17-3-1-4-18-14/h1,3-4,6-7,12,19H,2,5,8,16H2. The Morgan fingerprint density at radius 2 is 2.15 bits per heavy atom. The minimum Gasteiger partial charge on any atom is -0.493 e. The number of rotatable bonds is 4. The quantitative estimate of drug-likeness (QED) is 0.664. The van der Waals surface area contributed by atoms with Crippen LogP contribution in [0.25, 0.3) is 0 Å². The fourth-order valence-corrected chi connectivity index (χ4v) is 2.70. The average molecular weight is 291 g/mol. The number of hydrazine groups is 1. The van der Waals surface area contributed by atoms with E-state index in [1.807, 2.05) is 12.1 Å². The van der Waals surface area contributed by atoms with Crippen LogP contribution >= 0.6 is 11.6 Å². The van der Waals surface area contributed by atoms with Crippen molar-refractivity contribution in [2.75, 3.05) is 6.61 Å². The topological polar surface area (TPSA) is 73.1 Å². The van der Waals surface area contributed by atoms with Crippen LogP contribution in [-0.4, -0.2) is 16.6 Å². The van der Waals surface area contributed by atoms with Gasteiger partial charge in [-0.3, -0.25) is 5.84 Å². The molecule has 3 rings (SSSR count). The summed E-state index contributed by atoms with van der Waals surface area (Å²) >= 11 is 6.16. The van der Waals surface area contributed by atoms with Crippen molar-refractivity contribution < 1.29 is 4.74 Å². The molecule has 0 spiro atoms. The van der Waals surface area contributed by atoms with E-state index in [0.717, 1.165) is 23.3 Å². The van der Waals surface area contributed by atoms with Crippen molar-refractivity contribution in [3.8, 4) is 5.75 Å². The number of fused-ring (bicyclic) bond motifs is 1. The molecular formula is C14H15ClN4O. The first-order valence-corrected chi connectivity index (χ1v) is 6.83. The zero-order valence-electron chi connectivity index (χ0n) is 10.8. The van der Waals surface area contributed by atoms with Gasteiger partial charge in [-0.15, -0.1) is 0 Å². The van der Waals surface area contributed by atoms with Gasteiger partial charge in [0, 0.05) is 23.8 Å². The van der Waals surface area contributed by atoms with Crippen LogP contribution in [0.15, 0.2) is 30.6 Å². The fraction of sp³-hybridized carbons (Fsp3) is 0.286. The first kappa shape index (κ1) is 13.3. The van der Waals surface area contributed by atoms with Gasteiger partial charge in [0.05, 0.1) is 12.6 Å². The van der Waals surface area contributed by atoms with Crippen molar-refractivity contribution in [1.29, 1.82) is 0 Å². The molecule has 0 saturated carbocycles. The normalized spacial score (nSPS) is 14.7. The van der Waals surface area contributed by atoms with Crippen LogP contribution in [0.2, 0.25) is 5.02 Å². The van der Waals surface area contributed by atoms with Crippen molar-refractivity contribution in [2.24, 2.45) is 5.84 Å². The van der Waals surface area contributed by atoms with Gasteiger partial charge < -0.3 is 4.74 Å². The summed E-state index contributed by atoms with van der Waals surface area (Å²) in [5, 5.41) is 0.717. The molecule has 0 bridgehead atoms. The minimum absolute atomic E-state index is 0.178. The summed E-state index contributed by atoms with van der Waals surface area (Å²) in [4.78, 5) is 8.47. The molecule has 1 aromatic carbocycles. The summed E-state index contributed by atoms with van der Waals surface area (Å²) in [6, 6.07) is 5.47. The monoisotopic (exact) mass is 290 g/mol. The summed E-state index contributed by atoms with van der Waals surface area (Å²) < 4.78 is 5.70. The van der Waals surface area contributed by atoms with Gasteiger partial charge in [-0.2, -0.15) is 0 Å². The molecule has 1 aliphatic rings. The van der Waals surface area contributed by atoms with E-state index in [-0.39, 0.29) is 6.04 Å². The van der Waals surface area contributed by atoms with Gasteiger partial charge in [-0.05, 0) is 35.7 Å². The Hall–Kier alpha value is -1.69. The van der Waals surface area contributed by atoms with Crippen molar-refractivity contribution in [3.63, 3.8) is 0 Å². The highest BCUT2D eigenvalue weighted by Gasteiger charge is 2.21. The van der Waals surface area contributed by atoms with Gasteiger partial charge in [0.15, 0.2) is 0 Å². The molecule has 0 radical (unpaired) electrons. The second-order valence-electron chi connectivity index (χ2n) is 4.68. The second kappa shape index (κ2) is 5.75. The van der Waals surface area contributed by atoms with E-state index in [1.54, 1.807) is 18.5 Å². The molecule has 104 valence electrons. The lowest BCUT2D eigenvalue weighted by atomic mass is 10.0. The Labute approximate surface area is 122 Å². The first-order valence-electron chi connectivity index (χ1n) is 6.45. The Bertz CT molecular complexity index is 606. The van der Waals surface area contributed by atoms with E-state index in [1.165, 1.54) is 0 Å². The number of hydrogen-bond donors (Lipinski definition) is 2. The molecule has 0 fully saturated rings. The molecule has 1 aromatic heterocycles. The average Bonchev–Trinajstić information content (AvgIpc) is 2.93. The molecule has 0 aliphatic carbocycles. The van der Waals surface area contributed by atoms with Crippen LogP contribution in [-0.2, 0) is 12.8 Å². The molecule has 5 nitrogen and oxygen atoms in total. The highest BCUT2D eigenvalue weighted by Crippen LogP contribution is 2.34. The number of benzene rings is 1. The van der Waals surface area contributed by atoms with Gasteiger partial charge in [-0.25, -0.2) is 15.4 Å². The largest absolute Gasteiger partial charge is 0.493 e. The highest BCUT2D eigenvalue weighted by atomic mass is 35.5. The van der Waals surface area contributed by atoms with Crippen LogP contribution in [0, 0.1) is 0 Å². The maximum atomic E-state index is 6.16. The Balaban J connectivity index is 1.91. The summed E-state index contributed by atoms with van der Waals surface area (Å²) in [7, 11) is 0. The summed E-state index contributed by atoms with van der Waals surface area (Å²) in [5.74, 6) is 7.21. The molecule has 1 atom stereocenters. The lowest BCUT2D eigenvalue weighted by Gasteiger charge is -2.16. The Kier molecular flexibility index (Phi) is 3.82. The van der Waals surface area contributed by atoms with Gasteiger partial charge in [0.2, 0.25) is 0 Å². The third-order valence-corrected chi connectivity index (χ3v) is 3.57. The molecule has 0 saturated heterocycles. The van der Waals surface area contributed by atoms with Crippen LogP contribution in [0.4, 0.5) is 0 Å². The Morgan fingerprint density at radius 3 is 2.90 bits per heavy atom. The third kappa shape index (κ3) is 2.60. The number of hydrogen-bond acceptors (Lipinski definition) is 5. The van der Waals surface area contributed by atoms with E-state index in [9.17, 15) is 0 Å². The van der Waals surface area contributed by atoms with Crippen LogP contribution in [0.5, 0.6) is 5.75 Å². The maximum Gasteiger partial charge on any atom is 0.146 e. The number of nitrogens with zero attached hydrogens (tertiary/aromatic N) is 2. The highest BCUT2D eigenvalue weighted by molar-refractivity contribution is 6.30. The first-order chi connectivity index (χ1) is 9.78. The molecule has 3 N–H and O–H groups in total. The number of ether oxygens (including phenoxy) is 1. The maximum absolute atomic E-state index is 6.16. The molecule has 20 heavy (non-hydrogen) atoms. The number of halogens is 1. The van der Waals surface area contributed by atoms with E-state index < -0.39 is 0 Å². The Morgan fingerprint density at radius 1 is 1.35 bits per heavy atom. The van der Waals surface area contributed by atoms with Crippen molar-refractivity contribution in [1.82, 2.24) is 15.4 Å². The van der Waals surface area contributed by atoms with Crippen LogP contribution in [0.3, 0.4) is 0 Å². The summed E-state index contributed by atoms with van der Waals surface area (Å²) in [6.45, 7) is 0.700. The van der Waals surface area contributed by atoms with Crippen LogP contribution < -0.4 is 16.0 Å². The van der Waals surface area contributed by atoms with Crippen molar-refractivity contribution in [2.45, 2.75) is 18.9 Å². The van der Waals surface area contributed by atoms with Crippen molar-refractivity contribution in [3.05, 3.63) is 52.6 Å². The lowest BCUT2D eigenvalue weighted by molar-refractivity contribution is 0.351. The smallest absolute Gasteiger partial charge is 0.146 e.